The summed E-state index contributed by atoms with van der Waals surface area (Å²) in [5.41, 5.74) is 1.54. The zero-order chi connectivity index (χ0) is 18.7. The molecule has 3 aromatic rings. The molecule has 0 atom stereocenters. The molecule has 4 nitrogen and oxygen atoms in total. The highest BCUT2D eigenvalue weighted by Gasteiger charge is 2.14. The Hall–Kier alpha value is -3.28. The molecule has 132 valence electrons. The van der Waals surface area contributed by atoms with Gasteiger partial charge in [-0.1, -0.05) is 24.3 Å². The fourth-order valence-corrected chi connectivity index (χ4v) is 2.58. The Morgan fingerprint density at radius 3 is 2.54 bits per heavy atom. The van der Waals surface area contributed by atoms with Gasteiger partial charge in [0.05, 0.1) is 6.54 Å². The van der Waals surface area contributed by atoms with E-state index in [1.807, 2.05) is 31.2 Å². The molecule has 3 rings (SSSR count). The molecule has 0 unspecified atom stereocenters. The Balaban J connectivity index is 1.86. The van der Waals surface area contributed by atoms with Gasteiger partial charge in [0.25, 0.3) is 11.5 Å². The highest BCUT2D eigenvalue weighted by Crippen LogP contribution is 2.14. The summed E-state index contributed by atoms with van der Waals surface area (Å²) in [5.74, 6) is -2.77. The summed E-state index contributed by atoms with van der Waals surface area (Å²) in [7, 11) is 0. The van der Waals surface area contributed by atoms with E-state index in [0.29, 0.717) is 6.54 Å². The highest BCUT2D eigenvalue weighted by atomic mass is 19.2. The van der Waals surface area contributed by atoms with Crippen molar-refractivity contribution in [3.63, 3.8) is 0 Å². The molecule has 0 aliphatic carbocycles. The number of pyridine rings is 1. The lowest BCUT2D eigenvalue weighted by molar-refractivity contribution is 0.102. The van der Waals surface area contributed by atoms with Crippen molar-refractivity contribution in [3.05, 3.63) is 99.5 Å². The number of amides is 1. The zero-order valence-corrected chi connectivity index (χ0v) is 14.0. The average molecular weight is 354 g/mol. The van der Waals surface area contributed by atoms with Crippen LogP contribution in [0.2, 0.25) is 0 Å². The molecule has 0 bridgehead atoms. The monoisotopic (exact) mass is 354 g/mol. The maximum absolute atomic E-state index is 13.3. The van der Waals surface area contributed by atoms with Gasteiger partial charge >= 0.3 is 0 Å². The summed E-state index contributed by atoms with van der Waals surface area (Å²) in [6.07, 6.45) is 1.60. The third-order valence-electron chi connectivity index (χ3n) is 4.04. The van der Waals surface area contributed by atoms with Crippen LogP contribution in [0.15, 0.2) is 65.6 Å². The lowest BCUT2D eigenvalue weighted by atomic mass is 10.1. The van der Waals surface area contributed by atoms with E-state index in [1.54, 1.807) is 12.3 Å². The smallest absolute Gasteiger partial charge is 0.263 e. The zero-order valence-electron chi connectivity index (χ0n) is 14.0. The first-order chi connectivity index (χ1) is 12.5. The molecule has 0 radical (unpaired) electrons. The fourth-order valence-electron chi connectivity index (χ4n) is 2.58. The number of anilines is 1. The maximum atomic E-state index is 13.3. The molecule has 1 aromatic heterocycles. The minimum atomic E-state index is -1.08. The van der Waals surface area contributed by atoms with Crippen LogP contribution in [0.25, 0.3) is 0 Å². The van der Waals surface area contributed by atoms with Gasteiger partial charge in [0, 0.05) is 18.0 Å². The van der Waals surface area contributed by atoms with Crippen molar-refractivity contribution >= 4 is 11.6 Å². The number of nitrogens with one attached hydrogen (secondary N) is 1. The normalized spacial score (nSPS) is 10.6. The number of hydrogen-bond acceptors (Lipinski definition) is 2. The molecule has 0 saturated carbocycles. The highest BCUT2D eigenvalue weighted by molar-refractivity contribution is 6.03. The van der Waals surface area contributed by atoms with Gasteiger partial charge in [-0.25, -0.2) is 8.78 Å². The standard InChI is InChI=1S/C20H16F2N2O2/c1-13-5-2-3-6-14(13)12-24-10-4-7-16(20(24)26)19(25)23-15-8-9-17(21)18(22)11-15/h2-11H,12H2,1H3,(H,23,25). The van der Waals surface area contributed by atoms with Crippen molar-refractivity contribution in [3.8, 4) is 0 Å². The van der Waals surface area contributed by atoms with E-state index in [4.69, 9.17) is 0 Å². The SMILES string of the molecule is Cc1ccccc1Cn1cccc(C(=O)Nc2ccc(F)c(F)c2)c1=O. The number of rotatable bonds is 4. The largest absolute Gasteiger partial charge is 0.322 e. The molecular weight excluding hydrogens is 338 g/mol. The first-order valence-corrected chi connectivity index (χ1v) is 7.96. The first kappa shape index (κ1) is 17.5. The number of aryl methyl sites for hydroxylation is 1. The van der Waals surface area contributed by atoms with Crippen LogP contribution in [0, 0.1) is 18.6 Å². The quantitative estimate of drug-likeness (QED) is 0.776. The van der Waals surface area contributed by atoms with E-state index in [9.17, 15) is 18.4 Å². The van der Waals surface area contributed by atoms with Crippen molar-refractivity contribution in [2.45, 2.75) is 13.5 Å². The van der Waals surface area contributed by atoms with Crippen molar-refractivity contribution in [1.82, 2.24) is 4.57 Å². The molecule has 0 fully saturated rings. The van der Waals surface area contributed by atoms with E-state index in [2.05, 4.69) is 5.32 Å². The fraction of sp³-hybridized carbons (Fsp3) is 0.100. The van der Waals surface area contributed by atoms with Crippen molar-refractivity contribution < 1.29 is 13.6 Å². The molecule has 0 aliphatic rings. The summed E-state index contributed by atoms with van der Waals surface area (Å²) >= 11 is 0. The number of carbonyl (C=O) groups excluding carboxylic acids is 1. The molecule has 6 heteroatoms. The third-order valence-corrected chi connectivity index (χ3v) is 4.04. The van der Waals surface area contributed by atoms with E-state index < -0.39 is 23.1 Å². The van der Waals surface area contributed by atoms with Crippen molar-refractivity contribution in [1.29, 1.82) is 0 Å². The second-order valence-corrected chi connectivity index (χ2v) is 5.86. The van der Waals surface area contributed by atoms with Gasteiger partial charge < -0.3 is 9.88 Å². The topological polar surface area (TPSA) is 51.1 Å². The minimum absolute atomic E-state index is 0.0719. The van der Waals surface area contributed by atoms with E-state index >= 15 is 0 Å². The third kappa shape index (κ3) is 3.69. The van der Waals surface area contributed by atoms with Crippen LogP contribution in [-0.4, -0.2) is 10.5 Å². The van der Waals surface area contributed by atoms with Crippen LogP contribution in [0.5, 0.6) is 0 Å². The predicted octanol–water partition coefficient (Wildman–Crippen LogP) is 3.74. The number of hydrogen-bond donors (Lipinski definition) is 1. The molecule has 0 saturated heterocycles. The Morgan fingerprint density at radius 1 is 1.04 bits per heavy atom. The number of benzene rings is 2. The van der Waals surface area contributed by atoms with E-state index in [0.717, 1.165) is 23.3 Å². The Labute approximate surface area is 148 Å². The summed E-state index contributed by atoms with van der Waals surface area (Å²) in [6.45, 7) is 2.28. The van der Waals surface area contributed by atoms with Gasteiger partial charge in [-0.15, -0.1) is 0 Å². The summed E-state index contributed by atoms with van der Waals surface area (Å²) < 4.78 is 27.7. The van der Waals surface area contributed by atoms with E-state index in [1.165, 1.54) is 16.7 Å². The van der Waals surface area contributed by atoms with Gasteiger partial charge in [-0.3, -0.25) is 9.59 Å². The summed E-state index contributed by atoms with van der Waals surface area (Å²) in [6, 6.07) is 13.6. The summed E-state index contributed by atoms with van der Waals surface area (Å²) in [4.78, 5) is 25.0. The lowest BCUT2D eigenvalue weighted by Crippen LogP contribution is -2.29. The Bertz CT molecular complexity index is 1030. The second-order valence-electron chi connectivity index (χ2n) is 5.86. The van der Waals surface area contributed by atoms with Gasteiger partial charge in [0.2, 0.25) is 0 Å². The lowest BCUT2D eigenvalue weighted by Gasteiger charge is -2.10. The summed E-state index contributed by atoms with van der Waals surface area (Å²) in [5, 5.41) is 2.41. The minimum Gasteiger partial charge on any atom is -0.322 e. The molecule has 0 aliphatic heterocycles. The van der Waals surface area contributed by atoms with Crippen LogP contribution in [0.1, 0.15) is 21.5 Å². The number of halogens is 2. The van der Waals surface area contributed by atoms with E-state index in [-0.39, 0.29) is 11.3 Å². The van der Waals surface area contributed by atoms with Crippen LogP contribution in [0.4, 0.5) is 14.5 Å². The number of aromatic nitrogens is 1. The molecule has 1 heterocycles. The van der Waals surface area contributed by atoms with Gasteiger partial charge in [0.15, 0.2) is 11.6 Å². The van der Waals surface area contributed by atoms with Gasteiger partial charge in [0.1, 0.15) is 5.56 Å². The first-order valence-electron chi connectivity index (χ1n) is 7.96. The van der Waals surface area contributed by atoms with Crippen LogP contribution in [0.3, 0.4) is 0 Å². The number of nitrogens with zero attached hydrogens (tertiary/aromatic N) is 1. The van der Waals surface area contributed by atoms with Crippen molar-refractivity contribution in [2.75, 3.05) is 5.32 Å². The molecule has 0 spiro atoms. The average Bonchev–Trinajstić information content (AvgIpc) is 2.61. The number of carbonyl (C=O) groups is 1. The molecule has 2 aromatic carbocycles. The van der Waals surface area contributed by atoms with Crippen LogP contribution < -0.4 is 10.9 Å². The van der Waals surface area contributed by atoms with Crippen LogP contribution in [-0.2, 0) is 6.54 Å². The Morgan fingerprint density at radius 2 is 1.81 bits per heavy atom. The van der Waals surface area contributed by atoms with Gasteiger partial charge in [-0.05, 0) is 42.3 Å². The predicted molar refractivity (Wildman–Crippen MR) is 95.3 cm³/mol. The molecule has 26 heavy (non-hydrogen) atoms. The van der Waals surface area contributed by atoms with Crippen LogP contribution >= 0.6 is 0 Å². The molecular formula is C20H16F2N2O2. The Kier molecular flexibility index (Phi) is 4.93. The molecule has 1 N–H and O–H groups in total. The maximum Gasteiger partial charge on any atom is 0.263 e. The molecule has 1 amide bonds. The second kappa shape index (κ2) is 7.31. The van der Waals surface area contributed by atoms with Crippen molar-refractivity contribution in [2.24, 2.45) is 0 Å². The van der Waals surface area contributed by atoms with Gasteiger partial charge in [-0.2, -0.15) is 0 Å².